The Morgan fingerprint density at radius 2 is 2.26 bits per heavy atom. The van der Waals surface area contributed by atoms with Crippen LogP contribution in [0.5, 0.6) is 0 Å². The van der Waals surface area contributed by atoms with E-state index in [1.165, 1.54) is 11.8 Å². The van der Waals surface area contributed by atoms with Gasteiger partial charge < -0.3 is 4.98 Å². The van der Waals surface area contributed by atoms with Crippen molar-refractivity contribution in [3.8, 4) is 0 Å². The van der Waals surface area contributed by atoms with E-state index in [1.807, 2.05) is 24.3 Å². The van der Waals surface area contributed by atoms with Gasteiger partial charge in [0.25, 0.3) is 0 Å². The molecule has 98 valence electrons. The molecule has 0 aliphatic carbocycles. The fourth-order valence-electron chi connectivity index (χ4n) is 1.86. The fourth-order valence-corrected chi connectivity index (χ4v) is 2.40. The predicted molar refractivity (Wildman–Crippen MR) is 80.5 cm³/mol. The van der Waals surface area contributed by atoms with E-state index < -0.39 is 0 Å². The predicted octanol–water partition coefficient (Wildman–Crippen LogP) is 3.66. The van der Waals surface area contributed by atoms with E-state index >= 15 is 0 Å². The first kappa shape index (κ1) is 13.6. The first-order valence-corrected chi connectivity index (χ1v) is 7.05. The number of carbonyl (C=O) groups is 2. The van der Waals surface area contributed by atoms with Gasteiger partial charge in [-0.2, -0.15) is 0 Å². The number of carbonyl (C=O) groups excluding carboxylic acids is 2. The SMILES string of the molecule is CC(=O)SCCC=Cc1ccc2c(C=O)c[nH]c2c1. The molecule has 1 aromatic heterocycles. The van der Waals surface area contributed by atoms with Gasteiger partial charge in [-0.1, -0.05) is 36.0 Å². The molecule has 0 radical (unpaired) electrons. The lowest BCUT2D eigenvalue weighted by Crippen LogP contribution is -1.83. The van der Waals surface area contributed by atoms with E-state index in [4.69, 9.17) is 0 Å². The van der Waals surface area contributed by atoms with Crippen LogP contribution in [0, 0.1) is 0 Å². The maximum absolute atomic E-state index is 10.8. The van der Waals surface area contributed by atoms with Crippen LogP contribution in [0.4, 0.5) is 0 Å². The topological polar surface area (TPSA) is 49.9 Å². The lowest BCUT2D eigenvalue weighted by Gasteiger charge is -1.96. The number of thioether (sulfide) groups is 1. The minimum absolute atomic E-state index is 0.155. The van der Waals surface area contributed by atoms with Gasteiger partial charge in [0.2, 0.25) is 0 Å². The van der Waals surface area contributed by atoms with Crippen molar-refractivity contribution in [2.24, 2.45) is 0 Å². The molecule has 2 rings (SSSR count). The summed E-state index contributed by atoms with van der Waals surface area (Å²) in [6.45, 7) is 1.58. The monoisotopic (exact) mass is 273 g/mol. The summed E-state index contributed by atoms with van der Waals surface area (Å²) in [6.07, 6.45) is 7.52. The summed E-state index contributed by atoms with van der Waals surface area (Å²) in [5.41, 5.74) is 2.73. The van der Waals surface area contributed by atoms with Crippen molar-refractivity contribution in [3.05, 3.63) is 41.6 Å². The quantitative estimate of drug-likeness (QED) is 0.668. The van der Waals surface area contributed by atoms with Gasteiger partial charge in [-0.15, -0.1) is 0 Å². The van der Waals surface area contributed by atoms with Crippen molar-refractivity contribution in [1.29, 1.82) is 0 Å². The van der Waals surface area contributed by atoms with Gasteiger partial charge in [-0.05, 0) is 18.1 Å². The Labute approximate surface area is 116 Å². The highest BCUT2D eigenvalue weighted by atomic mass is 32.2. The molecule has 1 heterocycles. The van der Waals surface area contributed by atoms with Gasteiger partial charge in [-0.3, -0.25) is 9.59 Å². The Kier molecular flexibility index (Phi) is 4.58. The molecule has 0 fully saturated rings. The van der Waals surface area contributed by atoms with Crippen molar-refractivity contribution in [1.82, 2.24) is 4.98 Å². The van der Waals surface area contributed by atoms with Crippen molar-refractivity contribution in [2.75, 3.05) is 5.75 Å². The summed E-state index contributed by atoms with van der Waals surface area (Å²) >= 11 is 1.34. The molecule has 0 atom stereocenters. The second-order valence-corrected chi connectivity index (χ2v) is 5.47. The molecule has 0 bridgehead atoms. The summed E-state index contributed by atoms with van der Waals surface area (Å²) in [5.74, 6) is 0.811. The van der Waals surface area contributed by atoms with E-state index in [0.717, 1.165) is 34.9 Å². The maximum atomic E-state index is 10.8. The lowest BCUT2D eigenvalue weighted by atomic mass is 10.1. The second-order valence-electron chi connectivity index (χ2n) is 4.20. The van der Waals surface area contributed by atoms with E-state index in [0.29, 0.717) is 5.56 Å². The van der Waals surface area contributed by atoms with Crippen LogP contribution < -0.4 is 0 Å². The van der Waals surface area contributed by atoms with Gasteiger partial charge in [0.15, 0.2) is 11.4 Å². The van der Waals surface area contributed by atoms with Crippen molar-refractivity contribution >= 4 is 40.1 Å². The van der Waals surface area contributed by atoms with E-state index in [-0.39, 0.29) is 5.12 Å². The number of allylic oxidation sites excluding steroid dienone is 1. The Morgan fingerprint density at radius 1 is 1.42 bits per heavy atom. The van der Waals surface area contributed by atoms with Crippen molar-refractivity contribution in [2.45, 2.75) is 13.3 Å². The number of nitrogens with one attached hydrogen (secondary N) is 1. The lowest BCUT2D eigenvalue weighted by molar-refractivity contribution is -0.109. The zero-order valence-corrected chi connectivity index (χ0v) is 11.5. The Bertz CT molecular complexity index is 628. The third kappa shape index (κ3) is 3.58. The number of H-pyrrole nitrogens is 1. The molecule has 0 saturated carbocycles. The average molecular weight is 273 g/mol. The zero-order valence-electron chi connectivity index (χ0n) is 10.7. The molecular formula is C15H15NO2S. The van der Waals surface area contributed by atoms with Crippen LogP contribution in [0.1, 0.15) is 29.3 Å². The smallest absolute Gasteiger partial charge is 0.185 e. The number of aldehydes is 1. The first-order valence-electron chi connectivity index (χ1n) is 6.07. The molecule has 1 N–H and O–H groups in total. The number of hydrogen-bond acceptors (Lipinski definition) is 3. The Hall–Kier alpha value is -1.81. The molecule has 1 aromatic carbocycles. The van der Waals surface area contributed by atoms with E-state index in [2.05, 4.69) is 11.1 Å². The average Bonchev–Trinajstić information content (AvgIpc) is 2.80. The molecular weight excluding hydrogens is 258 g/mol. The fraction of sp³-hybridized carbons (Fsp3) is 0.200. The summed E-state index contributed by atoms with van der Waals surface area (Å²) in [5, 5.41) is 1.10. The number of hydrogen-bond donors (Lipinski definition) is 1. The number of rotatable bonds is 5. The van der Waals surface area contributed by atoms with Gasteiger partial charge in [0.1, 0.15) is 0 Å². The number of aromatic amines is 1. The standard InChI is InChI=1S/C15H15NO2S/c1-11(18)19-7-3-2-4-12-5-6-14-13(10-17)9-16-15(14)8-12/h2,4-6,8-10,16H,3,7H2,1H3. The highest BCUT2D eigenvalue weighted by Crippen LogP contribution is 2.19. The van der Waals surface area contributed by atoms with Crippen LogP contribution in [-0.4, -0.2) is 22.1 Å². The minimum Gasteiger partial charge on any atom is -0.360 e. The highest BCUT2D eigenvalue weighted by Gasteiger charge is 2.01. The number of aromatic nitrogens is 1. The first-order chi connectivity index (χ1) is 9.20. The molecule has 0 saturated heterocycles. The van der Waals surface area contributed by atoms with Crippen LogP contribution in [0.2, 0.25) is 0 Å². The number of benzene rings is 1. The zero-order chi connectivity index (χ0) is 13.7. The normalized spacial score (nSPS) is 11.2. The molecule has 3 nitrogen and oxygen atoms in total. The van der Waals surface area contributed by atoms with Gasteiger partial charge in [0.05, 0.1) is 0 Å². The van der Waals surface area contributed by atoms with Crippen LogP contribution >= 0.6 is 11.8 Å². The summed E-state index contributed by atoms with van der Waals surface area (Å²) in [7, 11) is 0. The molecule has 0 unspecified atom stereocenters. The van der Waals surface area contributed by atoms with Crippen LogP contribution in [-0.2, 0) is 4.79 Å². The molecule has 4 heteroatoms. The third-order valence-corrected chi connectivity index (χ3v) is 3.61. The molecule has 0 amide bonds. The van der Waals surface area contributed by atoms with E-state index in [9.17, 15) is 9.59 Å². The second kappa shape index (κ2) is 6.38. The van der Waals surface area contributed by atoms with Crippen LogP contribution in [0.3, 0.4) is 0 Å². The van der Waals surface area contributed by atoms with Crippen LogP contribution in [0.25, 0.3) is 17.0 Å². The van der Waals surface area contributed by atoms with Crippen molar-refractivity contribution in [3.63, 3.8) is 0 Å². The Balaban J connectivity index is 2.03. The summed E-state index contributed by atoms with van der Waals surface area (Å²) < 4.78 is 0. The summed E-state index contributed by atoms with van der Waals surface area (Å²) in [6, 6.07) is 5.94. The van der Waals surface area contributed by atoms with Gasteiger partial charge in [-0.25, -0.2) is 0 Å². The minimum atomic E-state index is 0.155. The van der Waals surface area contributed by atoms with Crippen LogP contribution in [0.15, 0.2) is 30.5 Å². The highest BCUT2D eigenvalue weighted by molar-refractivity contribution is 8.13. The van der Waals surface area contributed by atoms with Crippen molar-refractivity contribution < 1.29 is 9.59 Å². The maximum Gasteiger partial charge on any atom is 0.185 e. The van der Waals surface area contributed by atoms with Gasteiger partial charge in [0, 0.05) is 35.3 Å². The number of fused-ring (bicyclic) bond motifs is 1. The molecule has 2 aromatic rings. The molecule has 0 aliphatic rings. The molecule has 19 heavy (non-hydrogen) atoms. The molecule has 0 aliphatic heterocycles. The summed E-state index contributed by atoms with van der Waals surface area (Å²) in [4.78, 5) is 24.6. The van der Waals surface area contributed by atoms with Gasteiger partial charge >= 0.3 is 0 Å². The van der Waals surface area contributed by atoms with E-state index in [1.54, 1.807) is 13.1 Å². The third-order valence-electron chi connectivity index (χ3n) is 2.76. The largest absolute Gasteiger partial charge is 0.360 e. The Morgan fingerprint density at radius 3 is 3.00 bits per heavy atom. The molecule has 0 spiro atoms.